The largest absolute Gasteiger partial charge is 0.465 e. The molecule has 0 bridgehead atoms. The van der Waals surface area contributed by atoms with E-state index in [4.69, 9.17) is 5.11 Å². The van der Waals surface area contributed by atoms with Crippen LogP contribution in [-0.4, -0.2) is 16.2 Å². The molecular formula is C9H11N2O2. The molecule has 1 radical (unpaired) electrons. The van der Waals surface area contributed by atoms with Crippen LogP contribution in [0.4, 0.5) is 4.79 Å². The summed E-state index contributed by atoms with van der Waals surface area (Å²) in [5.74, 6) is 0. The van der Waals surface area contributed by atoms with Gasteiger partial charge in [-0.15, -0.1) is 0 Å². The van der Waals surface area contributed by atoms with Crippen molar-refractivity contribution < 1.29 is 9.90 Å². The smallest absolute Gasteiger partial charge is 0.405 e. The molecule has 0 fully saturated rings. The van der Waals surface area contributed by atoms with Crippen molar-refractivity contribution in [3.05, 3.63) is 37.0 Å². The van der Waals surface area contributed by atoms with Gasteiger partial charge in [0, 0.05) is 12.4 Å². The van der Waals surface area contributed by atoms with Crippen molar-refractivity contribution in [2.75, 3.05) is 0 Å². The second-order valence-corrected chi connectivity index (χ2v) is 2.57. The van der Waals surface area contributed by atoms with Crippen molar-refractivity contribution in [1.29, 1.82) is 0 Å². The summed E-state index contributed by atoms with van der Waals surface area (Å²) in [4.78, 5) is 14.2. The summed E-state index contributed by atoms with van der Waals surface area (Å²) in [6, 6.07) is 3.29. The highest BCUT2D eigenvalue weighted by atomic mass is 16.4. The first-order chi connectivity index (χ1) is 6.24. The van der Waals surface area contributed by atoms with E-state index in [0.717, 1.165) is 5.56 Å². The highest BCUT2D eigenvalue weighted by molar-refractivity contribution is 5.65. The summed E-state index contributed by atoms with van der Waals surface area (Å²) in [6.07, 6.45) is 2.70. The Morgan fingerprint density at radius 3 is 2.69 bits per heavy atom. The number of aromatic nitrogens is 1. The van der Waals surface area contributed by atoms with E-state index in [1.165, 1.54) is 0 Å². The van der Waals surface area contributed by atoms with E-state index in [1.54, 1.807) is 24.5 Å². The van der Waals surface area contributed by atoms with Crippen LogP contribution in [0.3, 0.4) is 0 Å². The van der Waals surface area contributed by atoms with Crippen LogP contribution in [-0.2, 0) is 0 Å². The Kier molecular flexibility index (Phi) is 3.25. The zero-order chi connectivity index (χ0) is 9.68. The van der Waals surface area contributed by atoms with Gasteiger partial charge in [0.2, 0.25) is 0 Å². The second kappa shape index (κ2) is 4.45. The summed E-state index contributed by atoms with van der Waals surface area (Å²) < 4.78 is 0. The normalized spacial score (nSPS) is 12.1. The molecule has 0 aliphatic heterocycles. The number of hydrogen-bond acceptors (Lipinski definition) is 2. The lowest BCUT2D eigenvalue weighted by Crippen LogP contribution is -2.26. The van der Waals surface area contributed by atoms with Gasteiger partial charge in [-0.1, -0.05) is 6.92 Å². The molecule has 0 saturated carbocycles. The van der Waals surface area contributed by atoms with Crippen molar-refractivity contribution in [3.63, 3.8) is 0 Å². The molecule has 1 aromatic rings. The third-order valence-corrected chi connectivity index (χ3v) is 1.69. The van der Waals surface area contributed by atoms with Crippen molar-refractivity contribution in [1.82, 2.24) is 10.3 Å². The highest BCUT2D eigenvalue weighted by Gasteiger charge is 2.10. The number of nitrogens with one attached hydrogen (secondary N) is 1. The maximum absolute atomic E-state index is 10.4. The molecule has 69 valence electrons. The Hall–Kier alpha value is -1.58. The Balaban J connectivity index is 2.73. The molecule has 13 heavy (non-hydrogen) atoms. The number of pyridine rings is 1. The van der Waals surface area contributed by atoms with Crippen LogP contribution in [0.25, 0.3) is 0 Å². The van der Waals surface area contributed by atoms with Crippen molar-refractivity contribution in [3.8, 4) is 0 Å². The van der Waals surface area contributed by atoms with Gasteiger partial charge in [0.15, 0.2) is 0 Å². The number of carboxylic acid groups (broad SMARTS) is 1. The van der Waals surface area contributed by atoms with Gasteiger partial charge in [-0.05, 0) is 24.1 Å². The van der Waals surface area contributed by atoms with Crippen molar-refractivity contribution >= 4 is 6.09 Å². The molecule has 0 saturated heterocycles. The van der Waals surface area contributed by atoms with E-state index in [9.17, 15) is 4.79 Å². The molecule has 1 aromatic heterocycles. The van der Waals surface area contributed by atoms with Crippen LogP contribution in [0, 0.1) is 6.92 Å². The van der Waals surface area contributed by atoms with E-state index in [0.29, 0.717) is 6.42 Å². The number of rotatable bonds is 3. The van der Waals surface area contributed by atoms with Crippen LogP contribution in [0.1, 0.15) is 18.0 Å². The summed E-state index contributed by atoms with van der Waals surface area (Å²) in [5, 5.41) is 10.9. The van der Waals surface area contributed by atoms with Gasteiger partial charge in [-0.3, -0.25) is 4.98 Å². The van der Waals surface area contributed by atoms with E-state index in [1.807, 2.05) is 0 Å². The van der Waals surface area contributed by atoms with Gasteiger partial charge < -0.3 is 10.4 Å². The number of nitrogens with zero attached hydrogens (tertiary/aromatic N) is 1. The molecule has 4 nitrogen and oxygen atoms in total. The minimum absolute atomic E-state index is 0.250. The quantitative estimate of drug-likeness (QED) is 0.741. The number of amides is 1. The van der Waals surface area contributed by atoms with Gasteiger partial charge >= 0.3 is 6.09 Å². The molecule has 4 heteroatoms. The van der Waals surface area contributed by atoms with Gasteiger partial charge in [0.1, 0.15) is 0 Å². The summed E-state index contributed by atoms with van der Waals surface area (Å²) >= 11 is 0. The predicted molar refractivity (Wildman–Crippen MR) is 48.1 cm³/mol. The molecule has 1 atom stereocenters. The van der Waals surface area contributed by atoms with Crippen LogP contribution < -0.4 is 5.32 Å². The first kappa shape index (κ1) is 9.51. The monoisotopic (exact) mass is 179 g/mol. The molecule has 1 rings (SSSR count). The molecule has 0 aromatic carbocycles. The summed E-state index contributed by atoms with van der Waals surface area (Å²) in [7, 11) is 0. The van der Waals surface area contributed by atoms with Crippen molar-refractivity contribution in [2.45, 2.75) is 12.5 Å². The van der Waals surface area contributed by atoms with E-state index in [-0.39, 0.29) is 6.04 Å². The van der Waals surface area contributed by atoms with Gasteiger partial charge in [0.05, 0.1) is 6.04 Å². The lowest BCUT2D eigenvalue weighted by molar-refractivity contribution is 0.190. The SMILES string of the molecule is [CH2]CC(NC(=O)O)c1ccncc1. The second-order valence-electron chi connectivity index (χ2n) is 2.57. The maximum Gasteiger partial charge on any atom is 0.405 e. The molecule has 0 aliphatic rings. The summed E-state index contributed by atoms with van der Waals surface area (Å²) in [5.41, 5.74) is 0.882. The molecule has 1 unspecified atom stereocenters. The Labute approximate surface area is 76.6 Å². The first-order valence-electron chi connectivity index (χ1n) is 3.92. The topological polar surface area (TPSA) is 62.2 Å². The van der Waals surface area contributed by atoms with Crippen LogP contribution >= 0.6 is 0 Å². The molecular weight excluding hydrogens is 168 g/mol. The molecule has 1 heterocycles. The minimum Gasteiger partial charge on any atom is -0.465 e. The molecule has 0 aliphatic carbocycles. The lowest BCUT2D eigenvalue weighted by atomic mass is 10.1. The lowest BCUT2D eigenvalue weighted by Gasteiger charge is -2.14. The average Bonchev–Trinajstić information content (AvgIpc) is 2.15. The number of carbonyl (C=O) groups is 1. The average molecular weight is 179 g/mol. The van der Waals surface area contributed by atoms with Crippen LogP contribution in [0.5, 0.6) is 0 Å². The Bertz CT molecular complexity index is 274. The number of hydrogen-bond donors (Lipinski definition) is 2. The standard InChI is InChI=1S/C9H11N2O2/c1-2-8(11-9(12)13)7-3-5-10-6-4-7/h3-6,8,11H,1-2H2,(H,12,13). The zero-order valence-electron chi connectivity index (χ0n) is 7.10. The fourth-order valence-corrected chi connectivity index (χ4v) is 1.07. The molecule has 2 N–H and O–H groups in total. The zero-order valence-corrected chi connectivity index (χ0v) is 7.10. The molecule has 0 spiro atoms. The van der Waals surface area contributed by atoms with E-state index >= 15 is 0 Å². The third-order valence-electron chi connectivity index (χ3n) is 1.69. The summed E-state index contributed by atoms with van der Waals surface area (Å²) in [6.45, 7) is 3.67. The van der Waals surface area contributed by atoms with Gasteiger partial charge in [-0.25, -0.2) is 4.79 Å². The predicted octanol–water partition coefficient (Wildman–Crippen LogP) is 1.61. The Morgan fingerprint density at radius 2 is 2.23 bits per heavy atom. The van der Waals surface area contributed by atoms with E-state index in [2.05, 4.69) is 17.2 Å². The third kappa shape index (κ3) is 2.74. The Morgan fingerprint density at radius 1 is 1.62 bits per heavy atom. The van der Waals surface area contributed by atoms with Gasteiger partial charge in [0.25, 0.3) is 0 Å². The van der Waals surface area contributed by atoms with Crippen LogP contribution in [0.2, 0.25) is 0 Å². The highest BCUT2D eigenvalue weighted by Crippen LogP contribution is 2.14. The first-order valence-corrected chi connectivity index (χ1v) is 3.92. The molecule has 1 amide bonds. The van der Waals surface area contributed by atoms with E-state index < -0.39 is 6.09 Å². The fourth-order valence-electron chi connectivity index (χ4n) is 1.07. The maximum atomic E-state index is 10.4. The minimum atomic E-state index is -1.04. The van der Waals surface area contributed by atoms with Gasteiger partial charge in [-0.2, -0.15) is 0 Å². The van der Waals surface area contributed by atoms with Crippen molar-refractivity contribution in [2.24, 2.45) is 0 Å². The van der Waals surface area contributed by atoms with Crippen LogP contribution in [0.15, 0.2) is 24.5 Å². The fraction of sp³-hybridized carbons (Fsp3) is 0.222.